The molecule has 0 atom stereocenters. The van der Waals surface area contributed by atoms with Gasteiger partial charge >= 0.3 is 0 Å². The van der Waals surface area contributed by atoms with Gasteiger partial charge in [-0.3, -0.25) is 9.78 Å². The smallest absolute Gasteiger partial charge is 0.268 e. The maximum Gasteiger partial charge on any atom is 0.268 e. The van der Waals surface area contributed by atoms with Crippen LogP contribution in [-0.4, -0.2) is 29.7 Å². The number of carbonyl (C=O) groups is 1. The number of pyridine rings is 1. The highest BCUT2D eigenvalue weighted by Gasteiger charge is 2.15. The largest absolute Gasteiger partial charge is 0.395 e. The third-order valence-corrected chi connectivity index (χ3v) is 3.59. The van der Waals surface area contributed by atoms with Gasteiger partial charge in [0.2, 0.25) is 0 Å². The number of hydrogen-bond donors (Lipinski definition) is 1. The predicted molar refractivity (Wildman–Crippen MR) is 79.9 cm³/mol. The van der Waals surface area contributed by atoms with Gasteiger partial charge in [0.05, 0.1) is 28.2 Å². The second-order valence-electron chi connectivity index (χ2n) is 4.01. The summed E-state index contributed by atoms with van der Waals surface area (Å²) in [4.78, 5) is 19.3. The quantitative estimate of drug-likeness (QED) is 0.880. The Morgan fingerprint density at radius 2 is 2.30 bits per heavy atom. The Bertz CT molecular complexity index is 641. The molecule has 0 saturated carbocycles. The molecule has 2 heterocycles. The van der Waals surface area contributed by atoms with Crippen molar-refractivity contribution in [3.8, 4) is 11.8 Å². The van der Waals surface area contributed by atoms with Crippen LogP contribution in [0.5, 0.6) is 0 Å². The molecular formula is C15H14N2O2S. The average Bonchev–Trinajstić information content (AvgIpc) is 2.96. The van der Waals surface area contributed by atoms with Crippen molar-refractivity contribution in [1.29, 1.82) is 0 Å². The molecule has 20 heavy (non-hydrogen) atoms. The van der Waals surface area contributed by atoms with Crippen LogP contribution < -0.4 is 4.90 Å². The summed E-state index contributed by atoms with van der Waals surface area (Å²) in [5, 5.41) is 8.67. The first-order valence-electron chi connectivity index (χ1n) is 6.10. The average molecular weight is 286 g/mol. The van der Waals surface area contributed by atoms with Crippen LogP contribution in [0.3, 0.4) is 0 Å². The molecule has 2 aromatic heterocycles. The van der Waals surface area contributed by atoms with Gasteiger partial charge in [0, 0.05) is 19.7 Å². The van der Waals surface area contributed by atoms with Gasteiger partial charge in [-0.2, -0.15) is 0 Å². The fourth-order valence-electron chi connectivity index (χ4n) is 1.56. The Hall–Kier alpha value is -2.16. The van der Waals surface area contributed by atoms with Crippen LogP contribution in [0.4, 0.5) is 5.69 Å². The number of thiophene rings is 1. The normalized spacial score (nSPS) is 9.70. The lowest BCUT2D eigenvalue weighted by Gasteiger charge is -2.15. The summed E-state index contributed by atoms with van der Waals surface area (Å²) in [6.45, 7) is 0.0495. The molecule has 0 aliphatic rings. The first-order valence-corrected chi connectivity index (χ1v) is 6.91. The van der Waals surface area contributed by atoms with Crippen molar-refractivity contribution in [1.82, 2.24) is 4.98 Å². The van der Waals surface area contributed by atoms with Gasteiger partial charge in [-0.25, -0.2) is 0 Å². The number of aromatic nitrogens is 1. The van der Waals surface area contributed by atoms with Crippen LogP contribution in [0.25, 0.3) is 0 Å². The van der Waals surface area contributed by atoms with E-state index in [0.29, 0.717) is 11.3 Å². The molecule has 5 heteroatoms. The van der Waals surface area contributed by atoms with E-state index in [1.165, 1.54) is 11.3 Å². The predicted octanol–water partition coefficient (Wildman–Crippen LogP) is 2.15. The van der Waals surface area contributed by atoms with E-state index < -0.39 is 0 Å². The van der Waals surface area contributed by atoms with E-state index in [0.717, 1.165) is 10.6 Å². The van der Waals surface area contributed by atoms with Gasteiger partial charge in [-0.15, -0.1) is 11.3 Å². The van der Waals surface area contributed by atoms with E-state index in [2.05, 4.69) is 16.8 Å². The van der Waals surface area contributed by atoms with E-state index in [-0.39, 0.29) is 12.5 Å². The SMILES string of the molecule is CN(C(=O)c1ccc(C#CCCO)s1)c1cccnc1. The lowest BCUT2D eigenvalue weighted by atomic mass is 10.3. The van der Waals surface area contributed by atoms with Crippen molar-refractivity contribution in [2.24, 2.45) is 0 Å². The molecule has 0 aromatic carbocycles. The molecule has 1 N–H and O–H groups in total. The number of aliphatic hydroxyl groups excluding tert-OH is 1. The van der Waals surface area contributed by atoms with Crippen molar-refractivity contribution in [3.63, 3.8) is 0 Å². The van der Waals surface area contributed by atoms with E-state index in [1.807, 2.05) is 12.1 Å². The zero-order valence-electron chi connectivity index (χ0n) is 11.0. The topological polar surface area (TPSA) is 53.4 Å². The third kappa shape index (κ3) is 3.44. The van der Waals surface area contributed by atoms with E-state index in [1.54, 1.807) is 36.5 Å². The summed E-state index contributed by atoms with van der Waals surface area (Å²) in [5.74, 6) is 5.68. The first kappa shape index (κ1) is 14.3. The minimum atomic E-state index is -0.0850. The number of rotatable bonds is 3. The van der Waals surface area contributed by atoms with Crippen LogP contribution in [0.1, 0.15) is 21.0 Å². The number of carbonyl (C=O) groups excluding carboxylic acids is 1. The van der Waals surface area contributed by atoms with Crippen molar-refractivity contribution >= 4 is 22.9 Å². The summed E-state index contributed by atoms with van der Waals surface area (Å²) in [6, 6.07) is 7.21. The number of nitrogens with zero attached hydrogens (tertiary/aromatic N) is 2. The molecular weight excluding hydrogens is 272 g/mol. The molecule has 0 spiro atoms. The Morgan fingerprint density at radius 1 is 1.45 bits per heavy atom. The number of hydrogen-bond acceptors (Lipinski definition) is 4. The lowest BCUT2D eigenvalue weighted by Crippen LogP contribution is -2.25. The molecule has 2 rings (SSSR count). The summed E-state index contributed by atoms with van der Waals surface area (Å²) < 4.78 is 0. The second-order valence-corrected chi connectivity index (χ2v) is 5.10. The van der Waals surface area contributed by atoms with Crippen molar-refractivity contribution in [3.05, 3.63) is 46.4 Å². The summed E-state index contributed by atoms with van der Waals surface area (Å²) >= 11 is 1.35. The Labute approximate surface area is 121 Å². The van der Waals surface area contributed by atoms with Crippen LogP contribution in [0.15, 0.2) is 36.7 Å². The number of amides is 1. The first-order chi connectivity index (χ1) is 9.72. The van der Waals surface area contributed by atoms with Crippen LogP contribution >= 0.6 is 11.3 Å². The minimum absolute atomic E-state index is 0.0495. The lowest BCUT2D eigenvalue weighted by molar-refractivity contribution is 0.0997. The molecule has 0 radical (unpaired) electrons. The van der Waals surface area contributed by atoms with Gasteiger partial charge in [-0.1, -0.05) is 11.8 Å². The van der Waals surface area contributed by atoms with Crippen molar-refractivity contribution < 1.29 is 9.90 Å². The Balaban J connectivity index is 2.12. The Morgan fingerprint density at radius 3 is 3.00 bits per heavy atom. The van der Waals surface area contributed by atoms with E-state index in [9.17, 15) is 4.79 Å². The second kappa shape index (κ2) is 6.85. The molecule has 1 amide bonds. The van der Waals surface area contributed by atoms with Gasteiger partial charge in [0.15, 0.2) is 0 Å². The van der Waals surface area contributed by atoms with Gasteiger partial charge in [0.25, 0.3) is 5.91 Å². The molecule has 0 aliphatic carbocycles. The Kier molecular flexibility index (Phi) is 4.88. The zero-order chi connectivity index (χ0) is 14.4. The fourth-order valence-corrected chi connectivity index (χ4v) is 2.42. The summed E-state index contributed by atoms with van der Waals surface area (Å²) in [6.07, 6.45) is 3.76. The van der Waals surface area contributed by atoms with E-state index >= 15 is 0 Å². The summed E-state index contributed by atoms with van der Waals surface area (Å²) in [7, 11) is 1.72. The third-order valence-electron chi connectivity index (χ3n) is 2.60. The zero-order valence-corrected chi connectivity index (χ0v) is 11.9. The van der Waals surface area contributed by atoms with Crippen LogP contribution in [0.2, 0.25) is 0 Å². The standard InChI is InChI=1S/C15H14N2O2S/c1-17(12-5-4-9-16-11-12)15(19)14-8-7-13(20-14)6-2-3-10-18/h4-5,7-9,11,18H,3,10H2,1H3. The van der Waals surface area contributed by atoms with Crippen LogP contribution in [0, 0.1) is 11.8 Å². The fraction of sp³-hybridized carbons (Fsp3) is 0.200. The molecule has 0 bridgehead atoms. The molecule has 0 fully saturated rings. The highest BCUT2D eigenvalue weighted by Crippen LogP contribution is 2.20. The molecule has 4 nitrogen and oxygen atoms in total. The molecule has 0 aliphatic heterocycles. The van der Waals surface area contributed by atoms with Gasteiger partial charge < -0.3 is 10.0 Å². The van der Waals surface area contributed by atoms with E-state index in [4.69, 9.17) is 5.11 Å². The van der Waals surface area contributed by atoms with Crippen LogP contribution in [-0.2, 0) is 0 Å². The molecule has 0 unspecified atom stereocenters. The minimum Gasteiger partial charge on any atom is -0.395 e. The molecule has 0 saturated heterocycles. The number of aliphatic hydroxyl groups is 1. The highest BCUT2D eigenvalue weighted by molar-refractivity contribution is 7.14. The van der Waals surface area contributed by atoms with Gasteiger partial charge in [-0.05, 0) is 24.3 Å². The number of anilines is 1. The highest BCUT2D eigenvalue weighted by atomic mass is 32.1. The van der Waals surface area contributed by atoms with Gasteiger partial charge in [0.1, 0.15) is 0 Å². The van der Waals surface area contributed by atoms with Crippen molar-refractivity contribution in [2.45, 2.75) is 6.42 Å². The van der Waals surface area contributed by atoms with Crippen molar-refractivity contribution in [2.75, 3.05) is 18.6 Å². The monoisotopic (exact) mass is 286 g/mol. The maximum atomic E-state index is 12.3. The maximum absolute atomic E-state index is 12.3. The molecule has 2 aromatic rings. The summed E-state index contributed by atoms with van der Waals surface area (Å²) in [5.41, 5.74) is 0.749. The molecule has 102 valence electrons.